The van der Waals surface area contributed by atoms with E-state index >= 15 is 0 Å². The number of carbonyl (C=O) groups is 1. The van der Waals surface area contributed by atoms with Crippen LogP contribution in [0.2, 0.25) is 0 Å². The maximum absolute atomic E-state index is 9.95. The van der Waals surface area contributed by atoms with Crippen LogP contribution in [0.4, 0.5) is 0 Å². The smallest absolute Gasteiger partial charge is 0.305 e. The van der Waals surface area contributed by atoms with Crippen molar-refractivity contribution in [3.63, 3.8) is 0 Å². The Morgan fingerprint density at radius 3 is 2.12 bits per heavy atom. The van der Waals surface area contributed by atoms with Crippen LogP contribution < -0.4 is 0 Å². The molecule has 0 saturated heterocycles. The van der Waals surface area contributed by atoms with E-state index in [-0.39, 0.29) is 6.42 Å². The van der Waals surface area contributed by atoms with Gasteiger partial charge in [0.25, 0.3) is 0 Å². The van der Waals surface area contributed by atoms with Crippen LogP contribution in [0.15, 0.2) is 0 Å². The molecule has 0 aromatic rings. The summed E-state index contributed by atoms with van der Waals surface area (Å²) in [6.07, 6.45) is 0.0764. The van der Waals surface area contributed by atoms with Gasteiger partial charge in [-0.15, -0.1) is 0 Å². The summed E-state index contributed by atoms with van der Waals surface area (Å²) >= 11 is 6.23. The Balaban J connectivity index is 3.55. The van der Waals surface area contributed by atoms with Gasteiger partial charge in [-0.1, -0.05) is 31.9 Å². The van der Waals surface area contributed by atoms with Crippen molar-refractivity contribution in [3.05, 3.63) is 0 Å². The largest absolute Gasteiger partial charge is 0.481 e. The lowest BCUT2D eigenvalue weighted by Gasteiger charge is -2.08. The van der Waals surface area contributed by atoms with Crippen LogP contribution in [0.1, 0.15) is 13.3 Å². The Bertz CT molecular complexity index is 94.7. The first-order chi connectivity index (χ1) is 3.42. The summed E-state index contributed by atoms with van der Waals surface area (Å²) in [6.45, 7) is 1.74. The van der Waals surface area contributed by atoms with E-state index in [0.29, 0.717) is 0 Å². The Morgan fingerprint density at radius 2 is 2.12 bits per heavy atom. The van der Waals surface area contributed by atoms with Crippen molar-refractivity contribution in [2.45, 2.75) is 16.6 Å². The maximum Gasteiger partial charge on any atom is 0.305 e. The molecule has 0 aliphatic rings. The van der Waals surface area contributed by atoms with E-state index in [1.807, 2.05) is 0 Å². The number of carboxylic acids is 1. The van der Waals surface area contributed by atoms with Gasteiger partial charge in [-0.05, 0) is 6.92 Å². The molecule has 0 aromatic carbocycles. The lowest BCUT2D eigenvalue weighted by atomic mass is 10.3. The maximum atomic E-state index is 9.95. The fourth-order valence-electron chi connectivity index (χ4n) is 0.266. The Morgan fingerprint density at radius 1 is 1.75 bits per heavy atom. The zero-order chi connectivity index (χ0) is 6.78. The Kier molecular flexibility index (Phi) is 2.98. The molecule has 48 valence electrons. The van der Waals surface area contributed by atoms with Crippen molar-refractivity contribution < 1.29 is 9.90 Å². The second-order valence-electron chi connectivity index (χ2n) is 1.64. The van der Waals surface area contributed by atoms with Gasteiger partial charge in [-0.3, -0.25) is 4.79 Å². The summed E-state index contributed by atoms with van der Waals surface area (Å²) in [4.78, 5) is 9.95. The molecule has 0 aromatic heterocycles. The summed E-state index contributed by atoms with van der Waals surface area (Å²) in [5.74, 6) is -0.818. The predicted octanol–water partition coefficient (Wildman–Crippen LogP) is 1.97. The first-order valence-electron chi connectivity index (χ1n) is 2.01. The first kappa shape index (κ1) is 8.43. The van der Waals surface area contributed by atoms with E-state index in [2.05, 4.69) is 31.9 Å². The van der Waals surface area contributed by atoms with Crippen LogP contribution in [0.3, 0.4) is 0 Å². The number of hydrogen-bond donors (Lipinski definition) is 1. The number of hydrogen-bond acceptors (Lipinski definition) is 1. The molecule has 0 radical (unpaired) electrons. The minimum absolute atomic E-state index is 0.0764. The van der Waals surface area contributed by atoms with Gasteiger partial charge >= 0.3 is 5.97 Å². The average molecular weight is 246 g/mol. The number of carboxylic acid groups (broad SMARTS) is 1. The highest BCUT2D eigenvalue weighted by Crippen LogP contribution is 2.28. The summed E-state index contributed by atoms with van der Waals surface area (Å²) in [5, 5.41) is 8.19. The predicted molar refractivity (Wildman–Crippen MR) is 38.5 cm³/mol. The molecule has 4 heteroatoms. The molecule has 2 nitrogen and oxygen atoms in total. The fourth-order valence-corrected chi connectivity index (χ4v) is 0.745. The average Bonchev–Trinajstić information content (AvgIpc) is 1.21. The number of halogens is 2. The van der Waals surface area contributed by atoms with Gasteiger partial charge in [0.1, 0.15) is 0 Å². The van der Waals surface area contributed by atoms with Crippen LogP contribution in [-0.4, -0.2) is 14.3 Å². The van der Waals surface area contributed by atoms with E-state index in [9.17, 15) is 4.79 Å². The Hall–Kier alpha value is 0.430. The van der Waals surface area contributed by atoms with Gasteiger partial charge in [-0.25, -0.2) is 0 Å². The standard InChI is InChI=1S/C4H6Br2O2/c1-4(5,6)2-3(7)8/h2H2,1H3,(H,7,8). The molecule has 0 amide bonds. The number of aliphatic carboxylic acids is 1. The molecular formula is C4H6Br2O2. The quantitative estimate of drug-likeness (QED) is 0.756. The van der Waals surface area contributed by atoms with Gasteiger partial charge in [-0.2, -0.15) is 0 Å². The molecule has 0 unspecified atom stereocenters. The molecule has 0 atom stereocenters. The molecular weight excluding hydrogens is 240 g/mol. The lowest BCUT2D eigenvalue weighted by Crippen LogP contribution is -2.11. The van der Waals surface area contributed by atoms with Gasteiger partial charge in [0.05, 0.1) is 9.65 Å². The van der Waals surface area contributed by atoms with Crippen LogP contribution in [0.5, 0.6) is 0 Å². The van der Waals surface area contributed by atoms with Crippen LogP contribution in [0, 0.1) is 0 Å². The zero-order valence-electron chi connectivity index (χ0n) is 4.32. The monoisotopic (exact) mass is 244 g/mol. The van der Waals surface area contributed by atoms with E-state index in [1.54, 1.807) is 6.92 Å². The third-order valence-corrected chi connectivity index (χ3v) is 1.02. The number of alkyl halides is 2. The van der Waals surface area contributed by atoms with Crippen molar-refractivity contribution in [1.82, 2.24) is 0 Å². The lowest BCUT2D eigenvalue weighted by molar-refractivity contribution is -0.137. The highest BCUT2D eigenvalue weighted by Gasteiger charge is 2.18. The van der Waals surface area contributed by atoms with Gasteiger partial charge in [0.15, 0.2) is 0 Å². The second kappa shape index (κ2) is 2.82. The highest BCUT2D eigenvalue weighted by atomic mass is 79.9. The molecule has 8 heavy (non-hydrogen) atoms. The van der Waals surface area contributed by atoms with Gasteiger partial charge in [0.2, 0.25) is 0 Å². The Labute approximate surface area is 64.5 Å². The third-order valence-electron chi connectivity index (χ3n) is 0.462. The SMILES string of the molecule is CC(Br)(Br)CC(=O)O. The molecule has 1 N–H and O–H groups in total. The molecule has 0 bridgehead atoms. The normalized spacial score (nSPS) is 11.4. The van der Waals surface area contributed by atoms with Crippen molar-refractivity contribution in [3.8, 4) is 0 Å². The van der Waals surface area contributed by atoms with Gasteiger partial charge in [0, 0.05) is 0 Å². The second-order valence-corrected chi connectivity index (χ2v) is 6.21. The molecule has 0 heterocycles. The van der Waals surface area contributed by atoms with E-state index in [4.69, 9.17) is 5.11 Å². The summed E-state index contributed by atoms with van der Waals surface area (Å²) in [6, 6.07) is 0. The molecule has 0 aliphatic carbocycles. The van der Waals surface area contributed by atoms with E-state index in [0.717, 1.165) is 0 Å². The topological polar surface area (TPSA) is 37.3 Å². The summed E-state index contributed by atoms with van der Waals surface area (Å²) < 4.78 is -0.453. The van der Waals surface area contributed by atoms with Crippen molar-refractivity contribution in [2.24, 2.45) is 0 Å². The van der Waals surface area contributed by atoms with E-state index in [1.165, 1.54) is 0 Å². The van der Waals surface area contributed by atoms with Crippen molar-refractivity contribution in [1.29, 1.82) is 0 Å². The van der Waals surface area contributed by atoms with Crippen molar-refractivity contribution in [2.75, 3.05) is 0 Å². The van der Waals surface area contributed by atoms with Crippen LogP contribution >= 0.6 is 31.9 Å². The fraction of sp³-hybridized carbons (Fsp3) is 0.750. The molecule has 0 aliphatic heterocycles. The van der Waals surface area contributed by atoms with Gasteiger partial charge < -0.3 is 5.11 Å². The molecule has 0 rings (SSSR count). The van der Waals surface area contributed by atoms with E-state index < -0.39 is 9.20 Å². The van der Waals surface area contributed by atoms with Crippen LogP contribution in [-0.2, 0) is 4.79 Å². The highest BCUT2D eigenvalue weighted by molar-refractivity contribution is 9.25. The number of rotatable bonds is 2. The van der Waals surface area contributed by atoms with Crippen molar-refractivity contribution >= 4 is 37.8 Å². The summed E-state index contributed by atoms with van der Waals surface area (Å²) in [5.41, 5.74) is 0. The molecule has 0 fully saturated rings. The minimum Gasteiger partial charge on any atom is -0.481 e. The zero-order valence-corrected chi connectivity index (χ0v) is 7.49. The summed E-state index contributed by atoms with van der Waals surface area (Å²) in [7, 11) is 0. The minimum atomic E-state index is -0.818. The molecule has 0 saturated carbocycles. The van der Waals surface area contributed by atoms with Crippen LogP contribution in [0.25, 0.3) is 0 Å². The molecule has 0 spiro atoms. The third kappa shape index (κ3) is 6.43. The first-order valence-corrected chi connectivity index (χ1v) is 3.60.